The third-order valence-corrected chi connectivity index (χ3v) is 3.55. The maximum atomic E-state index is 11.5. The fraction of sp³-hybridized carbons (Fsp3) is 0.867. The van der Waals surface area contributed by atoms with Gasteiger partial charge in [0.05, 0.1) is 6.61 Å². The van der Waals surface area contributed by atoms with Crippen LogP contribution in [0.25, 0.3) is 4.85 Å². The van der Waals surface area contributed by atoms with Gasteiger partial charge in [0.1, 0.15) is 0 Å². The molecule has 0 bridgehead atoms. The Bertz CT molecular complexity index is 289. The van der Waals surface area contributed by atoms with E-state index in [1.807, 2.05) is 0 Å². The number of carbonyl (C=O) groups excluding carboxylic acids is 1. The molecule has 0 heterocycles. The van der Waals surface area contributed by atoms with Crippen molar-refractivity contribution in [2.24, 2.45) is 0 Å². The maximum Gasteiger partial charge on any atom is 0.393 e. The van der Waals surface area contributed by atoms with Crippen molar-refractivity contribution in [3.05, 3.63) is 11.4 Å². The van der Waals surface area contributed by atoms with Gasteiger partial charge in [-0.05, 0) is 6.42 Å². The second kappa shape index (κ2) is 8.13. The predicted octanol–water partition coefficient (Wildman–Crippen LogP) is 4.12. The number of hydrogen-bond donors (Lipinski definition) is 0. The van der Waals surface area contributed by atoms with Crippen LogP contribution in [-0.2, 0) is 9.53 Å². The minimum atomic E-state index is -0.778. The topological polar surface area (TPSA) is 30.7 Å². The summed E-state index contributed by atoms with van der Waals surface area (Å²) in [5.41, 5.74) is -0.778. The standard InChI is InChI=1S/C15H25NO2/c1-3-4-5-6-7-8-9-10-13-18-14(17)15(16-2)11-12-15/h3-13H2,1H3. The van der Waals surface area contributed by atoms with E-state index in [2.05, 4.69) is 11.8 Å². The Morgan fingerprint density at radius 3 is 2.17 bits per heavy atom. The lowest BCUT2D eigenvalue weighted by Crippen LogP contribution is -2.21. The molecular weight excluding hydrogens is 226 g/mol. The zero-order valence-electron chi connectivity index (χ0n) is 11.5. The lowest BCUT2D eigenvalue weighted by molar-refractivity contribution is -0.145. The number of nitrogens with zero attached hydrogens (tertiary/aromatic N) is 1. The predicted molar refractivity (Wildman–Crippen MR) is 72.1 cm³/mol. The highest BCUT2D eigenvalue weighted by atomic mass is 16.5. The molecule has 3 heteroatoms. The Balaban J connectivity index is 1.87. The number of carbonyl (C=O) groups is 1. The van der Waals surface area contributed by atoms with Gasteiger partial charge in [-0.1, -0.05) is 51.9 Å². The van der Waals surface area contributed by atoms with Crippen LogP contribution in [-0.4, -0.2) is 18.1 Å². The summed E-state index contributed by atoms with van der Waals surface area (Å²) in [4.78, 5) is 14.9. The van der Waals surface area contributed by atoms with Crippen molar-refractivity contribution in [3.63, 3.8) is 0 Å². The highest BCUT2D eigenvalue weighted by Gasteiger charge is 2.60. The van der Waals surface area contributed by atoms with Crippen molar-refractivity contribution < 1.29 is 9.53 Å². The summed E-state index contributed by atoms with van der Waals surface area (Å²) in [5, 5.41) is 0. The van der Waals surface area contributed by atoms with E-state index in [0.29, 0.717) is 19.4 Å². The quantitative estimate of drug-likeness (QED) is 0.332. The summed E-state index contributed by atoms with van der Waals surface area (Å²) in [6, 6.07) is 0. The summed E-state index contributed by atoms with van der Waals surface area (Å²) in [6.07, 6.45) is 11.3. The van der Waals surface area contributed by atoms with Crippen LogP contribution in [0.15, 0.2) is 0 Å². The molecule has 1 saturated carbocycles. The van der Waals surface area contributed by atoms with E-state index >= 15 is 0 Å². The van der Waals surface area contributed by atoms with E-state index in [4.69, 9.17) is 11.3 Å². The molecule has 18 heavy (non-hydrogen) atoms. The molecule has 0 N–H and O–H groups in total. The third kappa shape index (κ3) is 5.08. The van der Waals surface area contributed by atoms with Crippen LogP contribution in [0.2, 0.25) is 0 Å². The first-order valence-corrected chi connectivity index (χ1v) is 7.31. The second-order valence-corrected chi connectivity index (χ2v) is 5.25. The van der Waals surface area contributed by atoms with E-state index < -0.39 is 5.54 Å². The summed E-state index contributed by atoms with van der Waals surface area (Å²) in [7, 11) is 0. The van der Waals surface area contributed by atoms with Gasteiger partial charge in [-0.3, -0.25) is 4.85 Å². The van der Waals surface area contributed by atoms with Gasteiger partial charge in [-0.15, -0.1) is 0 Å². The minimum absolute atomic E-state index is 0.291. The molecule has 0 aromatic heterocycles. The average Bonchev–Trinajstić information content (AvgIpc) is 3.17. The fourth-order valence-electron chi connectivity index (χ4n) is 2.02. The van der Waals surface area contributed by atoms with Gasteiger partial charge in [0, 0.05) is 12.8 Å². The molecule has 1 rings (SSSR count). The molecule has 102 valence electrons. The first kappa shape index (κ1) is 15.0. The van der Waals surface area contributed by atoms with Crippen molar-refractivity contribution in [3.8, 4) is 0 Å². The molecule has 1 fully saturated rings. The number of hydrogen-bond acceptors (Lipinski definition) is 2. The van der Waals surface area contributed by atoms with Gasteiger partial charge < -0.3 is 4.74 Å². The van der Waals surface area contributed by atoms with Gasteiger partial charge in [0.2, 0.25) is 0 Å². The van der Waals surface area contributed by atoms with Crippen LogP contribution in [0.5, 0.6) is 0 Å². The van der Waals surface area contributed by atoms with E-state index in [1.165, 1.54) is 38.5 Å². The van der Waals surface area contributed by atoms with Crippen molar-refractivity contribution in [2.45, 2.75) is 76.7 Å². The van der Waals surface area contributed by atoms with E-state index in [9.17, 15) is 4.79 Å². The highest BCUT2D eigenvalue weighted by molar-refractivity contribution is 5.86. The average molecular weight is 251 g/mol. The van der Waals surface area contributed by atoms with Crippen LogP contribution >= 0.6 is 0 Å². The van der Waals surface area contributed by atoms with Gasteiger partial charge >= 0.3 is 11.5 Å². The third-order valence-electron chi connectivity index (χ3n) is 3.55. The van der Waals surface area contributed by atoms with E-state index in [1.54, 1.807) is 0 Å². The zero-order valence-corrected chi connectivity index (χ0v) is 11.5. The summed E-state index contributed by atoms with van der Waals surface area (Å²) >= 11 is 0. The maximum absolute atomic E-state index is 11.5. The molecule has 0 aromatic carbocycles. The molecule has 1 aliphatic carbocycles. The number of rotatable bonds is 10. The van der Waals surface area contributed by atoms with Crippen molar-refractivity contribution in [2.75, 3.05) is 6.61 Å². The molecule has 0 aromatic rings. The minimum Gasteiger partial charge on any atom is -0.460 e. The molecule has 0 atom stereocenters. The van der Waals surface area contributed by atoms with Crippen LogP contribution in [0.1, 0.15) is 71.1 Å². The van der Waals surface area contributed by atoms with Gasteiger partial charge in [-0.25, -0.2) is 11.4 Å². The molecular formula is C15H25NO2. The van der Waals surface area contributed by atoms with Crippen molar-refractivity contribution >= 4 is 5.97 Å². The van der Waals surface area contributed by atoms with Crippen LogP contribution in [0.4, 0.5) is 0 Å². The first-order valence-electron chi connectivity index (χ1n) is 7.31. The van der Waals surface area contributed by atoms with E-state index in [0.717, 1.165) is 12.8 Å². The zero-order chi connectivity index (χ0) is 13.3. The SMILES string of the molecule is [C-]#[N+]C1(C(=O)OCCCCCCCCCC)CC1. The normalized spacial score (nSPS) is 16.0. The fourth-order valence-corrected chi connectivity index (χ4v) is 2.02. The Kier molecular flexibility index (Phi) is 6.78. The molecule has 0 spiro atoms. The van der Waals surface area contributed by atoms with Gasteiger partial charge in [0.25, 0.3) is 0 Å². The van der Waals surface area contributed by atoms with E-state index in [-0.39, 0.29) is 5.97 Å². The van der Waals surface area contributed by atoms with Crippen LogP contribution in [0, 0.1) is 6.57 Å². The molecule has 0 amide bonds. The summed E-state index contributed by atoms with van der Waals surface area (Å²) in [6.45, 7) is 9.67. The highest BCUT2D eigenvalue weighted by Crippen LogP contribution is 2.40. The second-order valence-electron chi connectivity index (χ2n) is 5.25. The first-order chi connectivity index (χ1) is 8.75. The van der Waals surface area contributed by atoms with Crippen LogP contribution < -0.4 is 0 Å². The number of ether oxygens (including phenoxy) is 1. The lowest BCUT2D eigenvalue weighted by Gasteiger charge is -2.05. The molecule has 0 aliphatic heterocycles. The lowest BCUT2D eigenvalue weighted by atomic mass is 10.1. The Labute approximate surface area is 111 Å². The largest absolute Gasteiger partial charge is 0.460 e. The molecule has 0 saturated heterocycles. The summed E-state index contributed by atoms with van der Waals surface area (Å²) < 4.78 is 5.15. The smallest absolute Gasteiger partial charge is 0.393 e. The van der Waals surface area contributed by atoms with Crippen LogP contribution in [0.3, 0.4) is 0 Å². The number of unbranched alkanes of at least 4 members (excludes halogenated alkanes) is 7. The van der Waals surface area contributed by atoms with Crippen molar-refractivity contribution in [1.29, 1.82) is 0 Å². The van der Waals surface area contributed by atoms with Gasteiger partial charge in [0.15, 0.2) is 0 Å². The molecule has 1 aliphatic rings. The Morgan fingerprint density at radius 2 is 1.67 bits per heavy atom. The summed E-state index contributed by atoms with van der Waals surface area (Å²) in [5.74, 6) is -0.291. The van der Waals surface area contributed by atoms with Gasteiger partial charge in [-0.2, -0.15) is 0 Å². The Hall–Kier alpha value is -1.04. The molecule has 3 nitrogen and oxygen atoms in total. The number of esters is 1. The van der Waals surface area contributed by atoms with Crippen molar-refractivity contribution in [1.82, 2.24) is 0 Å². The molecule has 0 unspecified atom stereocenters. The molecule has 0 radical (unpaired) electrons. The monoisotopic (exact) mass is 251 g/mol. The Morgan fingerprint density at radius 1 is 1.11 bits per heavy atom.